The van der Waals surface area contributed by atoms with Crippen molar-refractivity contribution < 1.29 is 19.1 Å². The van der Waals surface area contributed by atoms with Crippen LogP contribution in [-0.2, 0) is 19.1 Å². The highest BCUT2D eigenvalue weighted by molar-refractivity contribution is 5.84. The molecule has 1 rings (SSSR count). The topological polar surface area (TPSA) is 66.9 Å². The Bertz CT molecular complexity index is 387. The van der Waals surface area contributed by atoms with E-state index in [-0.39, 0.29) is 30.2 Å². The van der Waals surface area contributed by atoms with Crippen LogP contribution in [0.1, 0.15) is 33.6 Å². The van der Waals surface area contributed by atoms with Gasteiger partial charge in [0.25, 0.3) is 0 Å². The first-order chi connectivity index (χ1) is 9.90. The predicted octanol–water partition coefficient (Wildman–Crippen LogP) is 0.902. The minimum atomic E-state index is -0.405. The van der Waals surface area contributed by atoms with Gasteiger partial charge in [-0.2, -0.15) is 0 Å². The average molecular weight is 298 g/mol. The predicted molar refractivity (Wildman–Crippen MR) is 78.4 cm³/mol. The SMILES string of the molecule is CCN(CC(=O)OC)C(=O)C1CCN(C(=O)C(C)C)CC1. The highest BCUT2D eigenvalue weighted by Crippen LogP contribution is 2.21. The highest BCUT2D eigenvalue weighted by atomic mass is 16.5. The zero-order valence-electron chi connectivity index (χ0n) is 13.4. The number of methoxy groups -OCH3 is 1. The summed E-state index contributed by atoms with van der Waals surface area (Å²) >= 11 is 0. The molecule has 0 N–H and O–H groups in total. The zero-order chi connectivity index (χ0) is 16.0. The van der Waals surface area contributed by atoms with Crippen LogP contribution < -0.4 is 0 Å². The van der Waals surface area contributed by atoms with E-state index >= 15 is 0 Å². The lowest BCUT2D eigenvalue weighted by Gasteiger charge is -2.34. The first-order valence-corrected chi connectivity index (χ1v) is 7.55. The maximum Gasteiger partial charge on any atom is 0.325 e. The quantitative estimate of drug-likeness (QED) is 0.707. The summed E-state index contributed by atoms with van der Waals surface area (Å²) in [6.45, 7) is 7.32. The number of carbonyl (C=O) groups excluding carboxylic acids is 3. The molecule has 0 bridgehead atoms. The molecule has 0 aromatic rings. The van der Waals surface area contributed by atoms with Crippen molar-refractivity contribution in [2.45, 2.75) is 33.6 Å². The third-order valence-corrected chi connectivity index (χ3v) is 3.89. The lowest BCUT2D eigenvalue weighted by molar-refractivity contribution is -0.149. The molecule has 0 unspecified atom stereocenters. The molecule has 0 saturated carbocycles. The number of esters is 1. The molecule has 1 saturated heterocycles. The summed E-state index contributed by atoms with van der Waals surface area (Å²) in [7, 11) is 1.32. The summed E-state index contributed by atoms with van der Waals surface area (Å²) in [6, 6.07) is 0. The van der Waals surface area contributed by atoms with Crippen LogP contribution in [0.4, 0.5) is 0 Å². The number of likely N-dealkylation sites (tertiary alicyclic amines) is 1. The van der Waals surface area contributed by atoms with Gasteiger partial charge in [-0.25, -0.2) is 0 Å². The Balaban J connectivity index is 2.54. The van der Waals surface area contributed by atoms with E-state index in [9.17, 15) is 14.4 Å². The van der Waals surface area contributed by atoms with E-state index in [4.69, 9.17) is 0 Å². The van der Waals surface area contributed by atoms with Crippen LogP contribution in [0.3, 0.4) is 0 Å². The minimum absolute atomic E-state index is 0.00300. The maximum absolute atomic E-state index is 12.4. The third kappa shape index (κ3) is 4.72. The standard InChI is InChI=1S/C15H26N2O4/c1-5-16(10-13(18)21-4)15(20)12-6-8-17(9-7-12)14(19)11(2)3/h11-12H,5-10H2,1-4H3. The van der Waals surface area contributed by atoms with Gasteiger partial charge in [0.2, 0.25) is 11.8 Å². The van der Waals surface area contributed by atoms with Crippen molar-refractivity contribution in [1.29, 1.82) is 0 Å². The minimum Gasteiger partial charge on any atom is -0.468 e. The summed E-state index contributed by atoms with van der Waals surface area (Å²) < 4.78 is 4.61. The lowest BCUT2D eigenvalue weighted by Crippen LogP contribution is -2.46. The van der Waals surface area contributed by atoms with Gasteiger partial charge < -0.3 is 14.5 Å². The van der Waals surface area contributed by atoms with Crippen LogP contribution in [0.25, 0.3) is 0 Å². The van der Waals surface area contributed by atoms with Gasteiger partial charge in [-0.1, -0.05) is 13.8 Å². The lowest BCUT2D eigenvalue weighted by atomic mass is 9.94. The molecule has 0 aromatic heterocycles. The number of carbonyl (C=O) groups is 3. The number of rotatable bonds is 5. The van der Waals surface area contributed by atoms with Crippen LogP contribution in [0, 0.1) is 11.8 Å². The van der Waals surface area contributed by atoms with E-state index in [1.54, 1.807) is 0 Å². The van der Waals surface area contributed by atoms with Gasteiger partial charge in [-0.05, 0) is 19.8 Å². The van der Waals surface area contributed by atoms with E-state index < -0.39 is 5.97 Å². The van der Waals surface area contributed by atoms with Gasteiger partial charge in [0.15, 0.2) is 0 Å². The Hall–Kier alpha value is -1.59. The van der Waals surface area contributed by atoms with Crippen molar-refractivity contribution in [3.8, 4) is 0 Å². The fourth-order valence-electron chi connectivity index (χ4n) is 2.54. The number of nitrogens with zero attached hydrogens (tertiary/aromatic N) is 2. The summed E-state index contributed by atoms with van der Waals surface area (Å²) in [5.41, 5.74) is 0. The normalized spacial score (nSPS) is 16.0. The Morgan fingerprint density at radius 2 is 1.81 bits per heavy atom. The number of amides is 2. The molecule has 21 heavy (non-hydrogen) atoms. The molecule has 1 fully saturated rings. The Morgan fingerprint density at radius 3 is 2.24 bits per heavy atom. The van der Waals surface area contributed by atoms with Crippen LogP contribution in [0.15, 0.2) is 0 Å². The summed E-state index contributed by atoms with van der Waals surface area (Å²) in [5, 5.41) is 0. The molecule has 2 amide bonds. The molecule has 1 heterocycles. The van der Waals surface area contributed by atoms with Gasteiger partial charge in [-0.15, -0.1) is 0 Å². The van der Waals surface area contributed by atoms with Crippen molar-refractivity contribution >= 4 is 17.8 Å². The first kappa shape index (κ1) is 17.5. The molecule has 0 spiro atoms. The van der Waals surface area contributed by atoms with Gasteiger partial charge >= 0.3 is 5.97 Å². The molecule has 6 nitrogen and oxygen atoms in total. The molecule has 1 aliphatic rings. The molecule has 0 radical (unpaired) electrons. The second kappa shape index (κ2) is 8.00. The molecular weight excluding hydrogens is 272 g/mol. The van der Waals surface area contributed by atoms with Crippen molar-refractivity contribution in [3.63, 3.8) is 0 Å². The number of hydrogen-bond acceptors (Lipinski definition) is 4. The van der Waals surface area contributed by atoms with Crippen LogP contribution in [-0.4, -0.2) is 60.9 Å². The number of likely N-dealkylation sites (N-methyl/N-ethyl adjacent to an activating group) is 1. The van der Waals surface area contributed by atoms with Crippen LogP contribution in [0.2, 0.25) is 0 Å². The van der Waals surface area contributed by atoms with E-state index in [1.165, 1.54) is 12.0 Å². The first-order valence-electron chi connectivity index (χ1n) is 7.55. The van der Waals surface area contributed by atoms with Gasteiger partial charge in [-0.3, -0.25) is 14.4 Å². The van der Waals surface area contributed by atoms with Crippen molar-refractivity contribution in [2.24, 2.45) is 11.8 Å². The molecule has 0 atom stereocenters. The van der Waals surface area contributed by atoms with Crippen molar-refractivity contribution in [2.75, 3.05) is 33.3 Å². The molecule has 0 aromatic carbocycles. The highest BCUT2D eigenvalue weighted by Gasteiger charge is 2.31. The molecule has 0 aliphatic carbocycles. The van der Waals surface area contributed by atoms with E-state index in [0.717, 1.165) is 0 Å². The molecular formula is C15H26N2O4. The third-order valence-electron chi connectivity index (χ3n) is 3.89. The summed E-state index contributed by atoms with van der Waals surface area (Å²) in [6.07, 6.45) is 1.32. The van der Waals surface area contributed by atoms with Gasteiger partial charge in [0.05, 0.1) is 7.11 Å². The zero-order valence-corrected chi connectivity index (χ0v) is 13.4. The van der Waals surface area contributed by atoms with Crippen molar-refractivity contribution in [1.82, 2.24) is 9.80 Å². The molecule has 120 valence electrons. The fraction of sp³-hybridized carbons (Fsp3) is 0.800. The Kier molecular flexibility index (Phi) is 6.65. The Morgan fingerprint density at radius 1 is 1.24 bits per heavy atom. The monoisotopic (exact) mass is 298 g/mol. The maximum atomic E-state index is 12.4. The number of piperidine rings is 1. The van der Waals surface area contributed by atoms with E-state index in [0.29, 0.717) is 32.5 Å². The summed E-state index contributed by atoms with van der Waals surface area (Å²) in [5.74, 6) is -0.394. The second-order valence-corrected chi connectivity index (χ2v) is 5.68. The number of ether oxygens (including phenoxy) is 1. The van der Waals surface area contributed by atoms with Crippen LogP contribution in [0.5, 0.6) is 0 Å². The van der Waals surface area contributed by atoms with Gasteiger partial charge in [0, 0.05) is 31.5 Å². The van der Waals surface area contributed by atoms with E-state index in [2.05, 4.69) is 4.74 Å². The molecule has 6 heteroatoms. The fourth-order valence-corrected chi connectivity index (χ4v) is 2.54. The average Bonchev–Trinajstić information content (AvgIpc) is 2.50. The number of hydrogen-bond donors (Lipinski definition) is 0. The Labute approximate surface area is 126 Å². The largest absolute Gasteiger partial charge is 0.468 e. The second-order valence-electron chi connectivity index (χ2n) is 5.68. The smallest absolute Gasteiger partial charge is 0.325 e. The van der Waals surface area contributed by atoms with Crippen molar-refractivity contribution in [3.05, 3.63) is 0 Å². The summed E-state index contributed by atoms with van der Waals surface area (Å²) in [4.78, 5) is 39.0. The van der Waals surface area contributed by atoms with E-state index in [1.807, 2.05) is 25.7 Å². The van der Waals surface area contributed by atoms with Crippen LogP contribution >= 0.6 is 0 Å². The van der Waals surface area contributed by atoms with Gasteiger partial charge in [0.1, 0.15) is 6.54 Å². The molecule has 1 aliphatic heterocycles.